The number of carbonyl (C=O) groups excluding carboxylic acids is 1. The molecule has 4 rings (SSSR count). The minimum atomic E-state index is 0.108. The first-order chi connectivity index (χ1) is 12.7. The number of nitrogens with one attached hydrogen (secondary N) is 1. The number of amides is 1. The normalized spacial score (nSPS) is 15.3. The largest absolute Gasteiger partial charge is 0.339 e. The van der Waals surface area contributed by atoms with Crippen molar-refractivity contribution in [2.75, 3.05) is 20.1 Å². The average molecular weight is 348 g/mol. The molecule has 1 aliphatic rings. The number of imidazole rings is 1. The van der Waals surface area contributed by atoms with E-state index in [1.807, 2.05) is 60.7 Å². The second-order valence-electron chi connectivity index (χ2n) is 6.96. The van der Waals surface area contributed by atoms with Crippen molar-refractivity contribution in [2.45, 2.75) is 25.4 Å². The van der Waals surface area contributed by atoms with Crippen LogP contribution in [0.1, 0.15) is 28.8 Å². The Balaban J connectivity index is 1.47. The van der Waals surface area contributed by atoms with Gasteiger partial charge in [-0.1, -0.05) is 24.3 Å². The van der Waals surface area contributed by atoms with E-state index in [0.717, 1.165) is 54.6 Å². The maximum atomic E-state index is 12.7. The van der Waals surface area contributed by atoms with E-state index in [-0.39, 0.29) is 5.91 Å². The highest BCUT2D eigenvalue weighted by Crippen LogP contribution is 2.17. The monoisotopic (exact) mass is 348 g/mol. The fourth-order valence-electron chi connectivity index (χ4n) is 3.65. The Morgan fingerprint density at radius 1 is 1.15 bits per heavy atom. The molecular weight excluding hydrogens is 324 g/mol. The fourth-order valence-corrected chi connectivity index (χ4v) is 3.65. The van der Waals surface area contributed by atoms with Crippen LogP contribution in [-0.4, -0.2) is 46.5 Å². The lowest BCUT2D eigenvalue weighted by atomic mass is 10.0. The van der Waals surface area contributed by atoms with Gasteiger partial charge < -0.3 is 14.8 Å². The number of para-hydroxylation sites is 2. The molecule has 1 saturated heterocycles. The van der Waals surface area contributed by atoms with Gasteiger partial charge in [0, 0.05) is 25.2 Å². The van der Waals surface area contributed by atoms with E-state index in [2.05, 4.69) is 20.9 Å². The Kier molecular flexibility index (Phi) is 4.71. The minimum Gasteiger partial charge on any atom is -0.339 e. The molecule has 134 valence electrons. The molecule has 1 N–H and O–H groups in total. The average Bonchev–Trinajstić information content (AvgIpc) is 3.11. The first kappa shape index (κ1) is 16.8. The lowest BCUT2D eigenvalue weighted by molar-refractivity contribution is 0.0703. The summed E-state index contributed by atoms with van der Waals surface area (Å²) >= 11 is 0. The quantitative estimate of drug-likeness (QED) is 0.789. The summed E-state index contributed by atoms with van der Waals surface area (Å²) in [7, 11) is 1.92. The maximum absolute atomic E-state index is 12.7. The molecule has 1 aromatic heterocycles. The first-order valence-electron chi connectivity index (χ1n) is 9.19. The second-order valence-corrected chi connectivity index (χ2v) is 6.96. The third kappa shape index (κ3) is 3.35. The van der Waals surface area contributed by atoms with E-state index in [4.69, 9.17) is 0 Å². The summed E-state index contributed by atoms with van der Waals surface area (Å²) in [4.78, 5) is 19.1. The van der Waals surface area contributed by atoms with Crippen molar-refractivity contribution in [3.63, 3.8) is 0 Å². The molecule has 5 nitrogen and oxygen atoms in total. The molecule has 2 aromatic carbocycles. The van der Waals surface area contributed by atoms with Crippen LogP contribution in [0.25, 0.3) is 11.0 Å². The van der Waals surface area contributed by atoms with Crippen molar-refractivity contribution >= 4 is 16.9 Å². The molecule has 0 aliphatic carbocycles. The van der Waals surface area contributed by atoms with Gasteiger partial charge in [0.1, 0.15) is 0 Å². The van der Waals surface area contributed by atoms with E-state index in [1.165, 1.54) is 0 Å². The van der Waals surface area contributed by atoms with Gasteiger partial charge >= 0.3 is 0 Å². The van der Waals surface area contributed by atoms with Crippen LogP contribution in [0.5, 0.6) is 0 Å². The Labute approximate surface area is 153 Å². The van der Waals surface area contributed by atoms with Crippen LogP contribution in [0.15, 0.2) is 54.9 Å². The Morgan fingerprint density at radius 2 is 1.88 bits per heavy atom. The highest BCUT2D eigenvalue weighted by Gasteiger charge is 2.22. The number of rotatable bonds is 4. The van der Waals surface area contributed by atoms with E-state index >= 15 is 0 Å². The summed E-state index contributed by atoms with van der Waals surface area (Å²) in [5, 5.41) is 3.34. The van der Waals surface area contributed by atoms with Crippen molar-refractivity contribution in [2.24, 2.45) is 0 Å². The highest BCUT2D eigenvalue weighted by atomic mass is 16.2. The van der Waals surface area contributed by atoms with Crippen molar-refractivity contribution in [3.8, 4) is 0 Å². The van der Waals surface area contributed by atoms with Gasteiger partial charge in [-0.15, -0.1) is 0 Å². The molecule has 2 heterocycles. The molecule has 0 bridgehead atoms. The SMILES string of the molecule is CN(C(=O)c1ccc(Cn2cnc3ccccc32)cc1)C1CCNCC1. The Morgan fingerprint density at radius 3 is 2.65 bits per heavy atom. The van der Waals surface area contributed by atoms with Crippen molar-refractivity contribution in [1.29, 1.82) is 0 Å². The topological polar surface area (TPSA) is 50.2 Å². The first-order valence-corrected chi connectivity index (χ1v) is 9.19. The summed E-state index contributed by atoms with van der Waals surface area (Å²) < 4.78 is 2.13. The van der Waals surface area contributed by atoms with E-state index < -0.39 is 0 Å². The van der Waals surface area contributed by atoms with Gasteiger partial charge in [0.2, 0.25) is 0 Å². The number of fused-ring (bicyclic) bond motifs is 1. The van der Waals surface area contributed by atoms with Gasteiger partial charge in [0.25, 0.3) is 5.91 Å². The van der Waals surface area contributed by atoms with Gasteiger partial charge in [-0.3, -0.25) is 4.79 Å². The van der Waals surface area contributed by atoms with Crippen molar-refractivity contribution in [3.05, 3.63) is 66.0 Å². The molecular formula is C21H24N4O. The number of hydrogen-bond donors (Lipinski definition) is 1. The molecule has 1 fully saturated rings. The molecule has 26 heavy (non-hydrogen) atoms. The summed E-state index contributed by atoms with van der Waals surface area (Å²) in [6.45, 7) is 2.72. The van der Waals surface area contributed by atoms with Gasteiger partial charge in [0.15, 0.2) is 0 Å². The predicted octanol–water partition coefficient (Wildman–Crippen LogP) is 2.91. The van der Waals surface area contributed by atoms with E-state index in [0.29, 0.717) is 6.04 Å². The summed E-state index contributed by atoms with van der Waals surface area (Å²) in [5.41, 5.74) is 4.04. The zero-order valence-corrected chi connectivity index (χ0v) is 15.1. The van der Waals surface area contributed by atoms with Crippen LogP contribution >= 0.6 is 0 Å². The number of aromatic nitrogens is 2. The third-order valence-corrected chi connectivity index (χ3v) is 5.26. The molecule has 1 amide bonds. The lowest BCUT2D eigenvalue weighted by Gasteiger charge is -2.31. The van der Waals surface area contributed by atoms with Gasteiger partial charge in [-0.05, 0) is 55.8 Å². The summed E-state index contributed by atoms with van der Waals surface area (Å²) in [5.74, 6) is 0.108. The van der Waals surface area contributed by atoms with Gasteiger partial charge in [-0.25, -0.2) is 4.98 Å². The molecule has 0 unspecified atom stereocenters. The van der Waals surface area contributed by atoms with E-state index in [1.54, 1.807) is 0 Å². The smallest absolute Gasteiger partial charge is 0.253 e. The van der Waals surface area contributed by atoms with E-state index in [9.17, 15) is 4.79 Å². The number of piperidine rings is 1. The Hall–Kier alpha value is -2.66. The number of hydrogen-bond acceptors (Lipinski definition) is 3. The molecule has 3 aromatic rings. The van der Waals surface area contributed by atoms with Crippen LogP contribution in [0.3, 0.4) is 0 Å². The minimum absolute atomic E-state index is 0.108. The lowest BCUT2D eigenvalue weighted by Crippen LogP contribution is -2.43. The van der Waals surface area contributed by atoms with Crippen LogP contribution in [-0.2, 0) is 6.54 Å². The standard InChI is InChI=1S/C21H24N4O/c1-24(18-10-12-22-13-11-18)21(26)17-8-6-16(7-9-17)14-25-15-23-19-4-2-3-5-20(19)25/h2-9,15,18,22H,10-14H2,1H3. The zero-order valence-electron chi connectivity index (χ0n) is 15.1. The van der Waals surface area contributed by atoms with Crippen LogP contribution < -0.4 is 5.32 Å². The number of benzene rings is 2. The van der Waals surface area contributed by atoms with Crippen molar-refractivity contribution in [1.82, 2.24) is 19.8 Å². The zero-order chi connectivity index (χ0) is 17.9. The van der Waals surface area contributed by atoms with Gasteiger partial charge in [0.05, 0.1) is 17.4 Å². The summed E-state index contributed by atoms with van der Waals surface area (Å²) in [6, 6.07) is 16.4. The highest BCUT2D eigenvalue weighted by molar-refractivity contribution is 5.94. The molecule has 5 heteroatoms. The molecule has 1 aliphatic heterocycles. The van der Waals surface area contributed by atoms with Crippen LogP contribution in [0, 0.1) is 0 Å². The molecule has 0 saturated carbocycles. The van der Waals surface area contributed by atoms with Crippen LogP contribution in [0.4, 0.5) is 0 Å². The van der Waals surface area contributed by atoms with Crippen LogP contribution in [0.2, 0.25) is 0 Å². The van der Waals surface area contributed by atoms with Gasteiger partial charge in [-0.2, -0.15) is 0 Å². The number of carbonyl (C=O) groups is 1. The predicted molar refractivity (Wildman–Crippen MR) is 103 cm³/mol. The fraction of sp³-hybridized carbons (Fsp3) is 0.333. The maximum Gasteiger partial charge on any atom is 0.253 e. The van der Waals surface area contributed by atoms with Crippen molar-refractivity contribution < 1.29 is 4.79 Å². The Bertz CT molecular complexity index is 894. The summed E-state index contributed by atoms with van der Waals surface area (Å²) in [6.07, 6.45) is 3.91. The molecule has 0 spiro atoms. The third-order valence-electron chi connectivity index (χ3n) is 5.26. The number of nitrogens with zero attached hydrogens (tertiary/aromatic N) is 3. The molecule has 0 atom stereocenters. The molecule has 0 radical (unpaired) electrons. The second kappa shape index (κ2) is 7.30.